The van der Waals surface area contributed by atoms with E-state index >= 15 is 0 Å². The van der Waals surface area contributed by atoms with E-state index in [2.05, 4.69) is 0 Å². The van der Waals surface area contributed by atoms with Crippen molar-refractivity contribution in [3.05, 3.63) is 35.9 Å². The molecule has 1 saturated heterocycles. The smallest absolute Gasteiger partial charge is 0.334 e. The summed E-state index contributed by atoms with van der Waals surface area (Å²) in [7, 11) is 0. The topological polar surface area (TPSA) is 20.3 Å². The molecule has 0 radical (unpaired) electrons. The van der Waals surface area contributed by atoms with Crippen molar-refractivity contribution in [3.8, 4) is 0 Å². The largest absolute Gasteiger partial charge is 0.471 e. The van der Waals surface area contributed by atoms with Crippen LogP contribution in [0.5, 0.6) is 0 Å². The van der Waals surface area contributed by atoms with Crippen molar-refractivity contribution >= 4 is 5.91 Å². The van der Waals surface area contributed by atoms with Crippen molar-refractivity contribution in [2.75, 3.05) is 13.1 Å². The molecule has 1 heterocycles. The van der Waals surface area contributed by atoms with Gasteiger partial charge in [0.2, 0.25) is 0 Å². The van der Waals surface area contributed by atoms with Crippen molar-refractivity contribution in [2.45, 2.75) is 31.4 Å². The van der Waals surface area contributed by atoms with Crippen LogP contribution in [-0.2, 0) is 10.2 Å². The SMILES string of the molecule is C[C@@]1(c2ccccc2)CCCN(C(=O)C(F)(F)F)C1. The minimum Gasteiger partial charge on any atom is -0.334 e. The van der Waals surface area contributed by atoms with Crippen LogP contribution in [0.4, 0.5) is 13.2 Å². The van der Waals surface area contributed by atoms with Crippen molar-refractivity contribution in [1.82, 2.24) is 4.90 Å². The van der Waals surface area contributed by atoms with Crippen LogP contribution in [-0.4, -0.2) is 30.1 Å². The van der Waals surface area contributed by atoms with Gasteiger partial charge in [0, 0.05) is 18.5 Å². The van der Waals surface area contributed by atoms with Gasteiger partial charge in [0.15, 0.2) is 0 Å². The third-order valence-electron chi connectivity index (χ3n) is 3.70. The molecule has 1 atom stereocenters. The van der Waals surface area contributed by atoms with Gasteiger partial charge in [-0.1, -0.05) is 37.3 Å². The van der Waals surface area contributed by atoms with Crippen molar-refractivity contribution < 1.29 is 18.0 Å². The fourth-order valence-corrected chi connectivity index (χ4v) is 2.67. The molecule has 0 unspecified atom stereocenters. The number of carbonyl (C=O) groups is 1. The van der Waals surface area contributed by atoms with Crippen molar-refractivity contribution in [1.29, 1.82) is 0 Å². The second-order valence-electron chi connectivity index (χ2n) is 5.25. The van der Waals surface area contributed by atoms with Gasteiger partial charge in [-0.25, -0.2) is 0 Å². The van der Waals surface area contributed by atoms with Gasteiger partial charge >= 0.3 is 12.1 Å². The predicted octanol–water partition coefficient (Wildman–Crippen LogP) is 3.13. The molecule has 1 aliphatic rings. The minimum atomic E-state index is -4.78. The maximum absolute atomic E-state index is 12.5. The first-order chi connectivity index (χ1) is 8.83. The monoisotopic (exact) mass is 271 g/mol. The van der Waals surface area contributed by atoms with Gasteiger partial charge in [-0.2, -0.15) is 13.2 Å². The number of hydrogen-bond acceptors (Lipinski definition) is 1. The molecule has 2 nitrogen and oxygen atoms in total. The molecule has 1 fully saturated rings. The summed E-state index contributed by atoms with van der Waals surface area (Å²) < 4.78 is 37.5. The summed E-state index contributed by atoms with van der Waals surface area (Å²) in [4.78, 5) is 12.3. The van der Waals surface area contributed by atoms with E-state index in [0.29, 0.717) is 6.42 Å². The zero-order valence-electron chi connectivity index (χ0n) is 10.7. The Balaban J connectivity index is 2.20. The Morgan fingerprint density at radius 2 is 1.89 bits per heavy atom. The van der Waals surface area contributed by atoms with Gasteiger partial charge in [0.1, 0.15) is 0 Å². The van der Waals surface area contributed by atoms with Crippen LogP contribution in [0, 0.1) is 0 Å². The molecular formula is C14H16F3NO. The average Bonchev–Trinajstić information content (AvgIpc) is 2.38. The molecule has 1 aromatic carbocycles. The summed E-state index contributed by atoms with van der Waals surface area (Å²) in [5.41, 5.74) is 0.579. The van der Waals surface area contributed by atoms with Gasteiger partial charge in [0.05, 0.1) is 0 Å². The highest BCUT2D eigenvalue weighted by Crippen LogP contribution is 2.35. The van der Waals surface area contributed by atoms with Gasteiger partial charge in [-0.3, -0.25) is 4.79 Å². The molecule has 0 aliphatic carbocycles. The average molecular weight is 271 g/mol. The minimum absolute atomic E-state index is 0.120. The second kappa shape index (κ2) is 4.87. The molecule has 0 aromatic heterocycles. The van der Waals surface area contributed by atoms with Gasteiger partial charge in [-0.15, -0.1) is 0 Å². The lowest BCUT2D eigenvalue weighted by atomic mass is 9.76. The third kappa shape index (κ3) is 2.91. The highest BCUT2D eigenvalue weighted by Gasteiger charge is 2.45. The summed E-state index contributed by atoms with van der Waals surface area (Å²) in [5.74, 6) is -1.73. The van der Waals surface area contributed by atoms with Crippen LogP contribution in [0.3, 0.4) is 0 Å². The van der Waals surface area contributed by atoms with Crippen LogP contribution >= 0.6 is 0 Å². The lowest BCUT2D eigenvalue weighted by molar-refractivity contribution is -0.187. The molecule has 1 aromatic rings. The van der Waals surface area contributed by atoms with E-state index in [9.17, 15) is 18.0 Å². The zero-order chi connectivity index (χ0) is 14.1. The second-order valence-corrected chi connectivity index (χ2v) is 5.25. The van der Waals surface area contributed by atoms with E-state index in [1.54, 1.807) is 0 Å². The van der Waals surface area contributed by atoms with Gasteiger partial charge in [-0.05, 0) is 18.4 Å². The van der Waals surface area contributed by atoms with E-state index in [1.807, 2.05) is 37.3 Å². The van der Waals surface area contributed by atoms with E-state index < -0.39 is 17.5 Å². The first-order valence-electron chi connectivity index (χ1n) is 6.24. The van der Waals surface area contributed by atoms with Crippen LogP contribution in [0.15, 0.2) is 30.3 Å². The summed E-state index contributed by atoms with van der Waals surface area (Å²) in [5, 5.41) is 0. The normalized spacial score (nSPS) is 24.3. The van der Waals surface area contributed by atoms with E-state index in [1.165, 1.54) is 0 Å². The van der Waals surface area contributed by atoms with Crippen LogP contribution < -0.4 is 0 Å². The number of benzene rings is 1. The lowest BCUT2D eigenvalue weighted by Gasteiger charge is -2.41. The number of rotatable bonds is 1. The van der Waals surface area contributed by atoms with Crippen LogP contribution in [0.25, 0.3) is 0 Å². The molecule has 104 valence electrons. The maximum Gasteiger partial charge on any atom is 0.471 e. The Morgan fingerprint density at radius 3 is 2.47 bits per heavy atom. The zero-order valence-corrected chi connectivity index (χ0v) is 10.7. The Bertz CT molecular complexity index is 458. The molecule has 0 bridgehead atoms. The third-order valence-corrected chi connectivity index (χ3v) is 3.70. The number of carbonyl (C=O) groups excluding carboxylic acids is 1. The Hall–Kier alpha value is -1.52. The highest BCUT2D eigenvalue weighted by molar-refractivity contribution is 5.82. The number of piperidine rings is 1. The quantitative estimate of drug-likeness (QED) is 0.768. The molecule has 19 heavy (non-hydrogen) atoms. The predicted molar refractivity (Wildman–Crippen MR) is 65.7 cm³/mol. The highest BCUT2D eigenvalue weighted by atomic mass is 19.4. The van der Waals surface area contributed by atoms with Crippen molar-refractivity contribution in [2.24, 2.45) is 0 Å². The van der Waals surface area contributed by atoms with Crippen molar-refractivity contribution in [3.63, 3.8) is 0 Å². The molecule has 1 aliphatic heterocycles. The Labute approximate surface area is 110 Å². The number of nitrogens with zero attached hydrogens (tertiary/aromatic N) is 1. The number of likely N-dealkylation sites (tertiary alicyclic amines) is 1. The summed E-state index contributed by atoms with van der Waals surface area (Å²) >= 11 is 0. The van der Waals surface area contributed by atoms with Gasteiger partial charge in [0.25, 0.3) is 0 Å². The molecule has 0 saturated carbocycles. The molecule has 0 N–H and O–H groups in total. The molecule has 1 amide bonds. The first-order valence-corrected chi connectivity index (χ1v) is 6.24. The number of amides is 1. The molecule has 5 heteroatoms. The number of halogens is 3. The summed E-state index contributed by atoms with van der Waals surface area (Å²) in [6.45, 7) is 2.22. The molecule has 2 rings (SSSR count). The number of hydrogen-bond donors (Lipinski definition) is 0. The lowest BCUT2D eigenvalue weighted by Crippen LogP contribution is -2.51. The van der Waals surface area contributed by atoms with Crippen LogP contribution in [0.2, 0.25) is 0 Å². The standard InChI is InChI=1S/C14H16F3NO/c1-13(11-6-3-2-4-7-11)8-5-9-18(10-13)12(19)14(15,16)17/h2-4,6-7H,5,8-10H2,1H3/t13-/m1/s1. The van der Waals surface area contributed by atoms with Crippen LogP contribution in [0.1, 0.15) is 25.3 Å². The maximum atomic E-state index is 12.5. The van der Waals surface area contributed by atoms with Gasteiger partial charge < -0.3 is 4.90 Å². The Morgan fingerprint density at radius 1 is 1.26 bits per heavy atom. The van der Waals surface area contributed by atoms with E-state index in [-0.39, 0.29) is 13.1 Å². The summed E-state index contributed by atoms with van der Waals surface area (Å²) in [6.07, 6.45) is -3.40. The summed E-state index contributed by atoms with van der Waals surface area (Å²) in [6, 6.07) is 9.41. The van der Waals surface area contributed by atoms with E-state index in [4.69, 9.17) is 0 Å². The molecule has 0 spiro atoms. The first kappa shape index (κ1) is 13.9. The number of alkyl halides is 3. The molecular weight excluding hydrogens is 255 g/mol. The fourth-order valence-electron chi connectivity index (χ4n) is 2.67. The Kier molecular flexibility index (Phi) is 3.56. The van der Waals surface area contributed by atoms with E-state index in [0.717, 1.165) is 16.9 Å². The fraction of sp³-hybridized carbons (Fsp3) is 0.500.